The highest BCUT2D eigenvalue weighted by atomic mass is 32.2. The van der Waals surface area contributed by atoms with Crippen molar-refractivity contribution in [3.63, 3.8) is 0 Å². The van der Waals surface area contributed by atoms with Crippen LogP contribution in [0.1, 0.15) is 39.3 Å². The molecule has 0 saturated carbocycles. The summed E-state index contributed by atoms with van der Waals surface area (Å²) in [5.41, 5.74) is 1.33. The molecule has 0 radical (unpaired) electrons. The van der Waals surface area contributed by atoms with Gasteiger partial charge in [-0.3, -0.25) is 9.36 Å². The molecule has 0 amide bonds. The largest absolute Gasteiger partial charge is 0.477 e. The summed E-state index contributed by atoms with van der Waals surface area (Å²) in [4.78, 5) is 29.6. The van der Waals surface area contributed by atoms with Crippen LogP contribution < -0.4 is 10.3 Å². The minimum atomic E-state index is -3.83. The Morgan fingerprint density at radius 3 is 2.46 bits per heavy atom. The molecule has 12 nitrogen and oxygen atoms in total. The van der Waals surface area contributed by atoms with Gasteiger partial charge in [0.05, 0.1) is 24.1 Å². The summed E-state index contributed by atoms with van der Waals surface area (Å²) in [5, 5.41) is 4.57. The van der Waals surface area contributed by atoms with Crippen LogP contribution in [0.15, 0.2) is 46.3 Å². The van der Waals surface area contributed by atoms with Gasteiger partial charge in [0.2, 0.25) is 15.9 Å². The van der Waals surface area contributed by atoms with E-state index >= 15 is 0 Å². The Kier molecular flexibility index (Phi) is 8.47. The van der Waals surface area contributed by atoms with E-state index in [1.807, 2.05) is 25.1 Å². The number of pyridine rings is 2. The van der Waals surface area contributed by atoms with Crippen molar-refractivity contribution < 1.29 is 13.2 Å². The van der Waals surface area contributed by atoms with Gasteiger partial charge >= 0.3 is 0 Å². The first-order valence-corrected chi connectivity index (χ1v) is 15.5. The highest BCUT2D eigenvalue weighted by Crippen LogP contribution is 2.31. The number of hydrogen-bond donors (Lipinski definition) is 0. The maximum Gasteiger partial charge on any atom is 0.281 e. The number of rotatable bonds is 10. The molecule has 5 heterocycles. The van der Waals surface area contributed by atoms with Crippen molar-refractivity contribution in [3.05, 3.63) is 52.7 Å². The molecule has 218 valence electrons. The molecule has 1 aliphatic heterocycles. The SMILES string of the molecule is CCCCOc1ncc(S(=O)(=O)N2CCN(CC)CC2)cc1-c1nc2c(CC)n(-c3ccccn3)nc2c(=O)n1C. The van der Waals surface area contributed by atoms with Gasteiger partial charge in [-0.25, -0.2) is 28.1 Å². The van der Waals surface area contributed by atoms with Crippen LogP contribution in [0.25, 0.3) is 28.2 Å². The summed E-state index contributed by atoms with van der Waals surface area (Å²) in [6.07, 6.45) is 5.26. The van der Waals surface area contributed by atoms with Gasteiger partial charge in [0.15, 0.2) is 11.3 Å². The zero-order valence-corrected chi connectivity index (χ0v) is 24.8. The number of aromatic nitrogens is 6. The Morgan fingerprint density at radius 1 is 1.02 bits per heavy atom. The monoisotopic (exact) mass is 580 g/mol. The maximum absolute atomic E-state index is 13.7. The van der Waals surface area contributed by atoms with E-state index in [9.17, 15) is 13.2 Å². The number of sulfonamides is 1. The maximum atomic E-state index is 13.7. The van der Waals surface area contributed by atoms with Crippen LogP contribution in [-0.2, 0) is 23.5 Å². The molecule has 0 aliphatic carbocycles. The van der Waals surface area contributed by atoms with Crippen LogP contribution in [0.2, 0.25) is 0 Å². The van der Waals surface area contributed by atoms with Gasteiger partial charge < -0.3 is 9.64 Å². The number of unbranched alkanes of at least 4 members (excludes halogenated alkanes) is 1. The average Bonchev–Trinajstić information content (AvgIpc) is 3.38. The molecule has 1 saturated heterocycles. The molecule has 1 aliphatic rings. The van der Waals surface area contributed by atoms with Crippen LogP contribution in [0, 0.1) is 0 Å². The van der Waals surface area contributed by atoms with E-state index in [0.717, 1.165) is 25.1 Å². The first kappa shape index (κ1) is 28.8. The molecule has 0 unspecified atom stereocenters. The average molecular weight is 581 g/mol. The van der Waals surface area contributed by atoms with Crippen LogP contribution in [-0.4, -0.2) is 86.3 Å². The molecule has 0 bridgehead atoms. The predicted molar refractivity (Wildman–Crippen MR) is 156 cm³/mol. The van der Waals surface area contributed by atoms with Crippen molar-refractivity contribution in [3.8, 4) is 23.1 Å². The molecular formula is C28H36N8O4S. The minimum Gasteiger partial charge on any atom is -0.477 e. The fourth-order valence-electron chi connectivity index (χ4n) is 4.97. The topological polar surface area (TPSA) is 128 Å². The van der Waals surface area contributed by atoms with Gasteiger partial charge in [0, 0.05) is 39.4 Å². The lowest BCUT2D eigenvalue weighted by Gasteiger charge is -2.33. The molecule has 0 spiro atoms. The van der Waals surface area contributed by atoms with Crippen LogP contribution in [0.4, 0.5) is 0 Å². The molecule has 0 N–H and O–H groups in total. The number of ether oxygens (including phenoxy) is 1. The van der Waals surface area contributed by atoms with Gasteiger partial charge in [-0.15, -0.1) is 0 Å². The standard InChI is InChI=1S/C28H36N8O4S/c1-5-8-17-40-27-21(18-20(19-30-27)41(38,39)35-15-13-34(7-3)14-16-35)26-31-24-22(6-2)36(23-11-9-10-12-29-23)32-25(24)28(37)33(26)4/h9-12,18-19H,5-8,13-17H2,1-4H3. The number of aryl methyl sites for hydroxylation is 1. The number of piperazine rings is 1. The molecule has 0 aromatic carbocycles. The lowest BCUT2D eigenvalue weighted by atomic mass is 10.2. The quantitative estimate of drug-likeness (QED) is 0.260. The van der Waals surface area contributed by atoms with Gasteiger partial charge in [-0.05, 0) is 37.6 Å². The van der Waals surface area contributed by atoms with Gasteiger partial charge in [-0.1, -0.05) is 33.3 Å². The fraction of sp³-hybridized carbons (Fsp3) is 0.464. The first-order valence-electron chi connectivity index (χ1n) is 14.1. The number of nitrogens with zero attached hydrogens (tertiary/aromatic N) is 8. The van der Waals surface area contributed by atoms with Crippen molar-refractivity contribution in [1.82, 2.24) is 38.5 Å². The van der Waals surface area contributed by atoms with E-state index in [1.165, 1.54) is 21.1 Å². The smallest absolute Gasteiger partial charge is 0.281 e. The Hall–Kier alpha value is -3.68. The second-order valence-corrected chi connectivity index (χ2v) is 11.9. The minimum absolute atomic E-state index is 0.0366. The summed E-state index contributed by atoms with van der Waals surface area (Å²) >= 11 is 0. The van der Waals surface area contributed by atoms with Crippen LogP contribution >= 0.6 is 0 Å². The van der Waals surface area contributed by atoms with Gasteiger partial charge in [0.1, 0.15) is 16.2 Å². The molecule has 4 aromatic heterocycles. The van der Waals surface area contributed by atoms with Gasteiger partial charge in [-0.2, -0.15) is 9.40 Å². The summed E-state index contributed by atoms with van der Waals surface area (Å²) < 4.78 is 37.9. The second-order valence-electron chi connectivity index (χ2n) is 9.96. The predicted octanol–water partition coefficient (Wildman–Crippen LogP) is 2.64. The highest BCUT2D eigenvalue weighted by molar-refractivity contribution is 7.89. The first-order chi connectivity index (χ1) is 19.8. The Bertz CT molecular complexity index is 1690. The fourth-order valence-corrected chi connectivity index (χ4v) is 6.36. The number of likely N-dealkylation sites (N-methyl/N-ethyl adjacent to an activating group) is 1. The lowest BCUT2D eigenvalue weighted by Crippen LogP contribution is -2.48. The molecule has 5 rings (SSSR count). The Labute approximate surface area is 239 Å². The zero-order valence-electron chi connectivity index (χ0n) is 23.9. The van der Waals surface area contributed by atoms with E-state index < -0.39 is 10.0 Å². The molecular weight excluding hydrogens is 544 g/mol. The highest BCUT2D eigenvalue weighted by Gasteiger charge is 2.30. The van der Waals surface area contributed by atoms with E-state index in [2.05, 4.69) is 33.8 Å². The molecule has 0 atom stereocenters. The second kappa shape index (κ2) is 12.0. The summed E-state index contributed by atoms with van der Waals surface area (Å²) in [5.74, 6) is 1.06. The van der Waals surface area contributed by atoms with Gasteiger partial charge in [0.25, 0.3) is 5.56 Å². The molecule has 4 aromatic rings. The summed E-state index contributed by atoms with van der Waals surface area (Å²) in [6, 6.07) is 7.00. The van der Waals surface area contributed by atoms with Crippen LogP contribution in [0.3, 0.4) is 0 Å². The lowest BCUT2D eigenvalue weighted by molar-refractivity contribution is 0.196. The molecule has 1 fully saturated rings. The summed E-state index contributed by atoms with van der Waals surface area (Å²) in [6.45, 7) is 9.48. The van der Waals surface area contributed by atoms with E-state index in [1.54, 1.807) is 17.9 Å². The third kappa shape index (κ3) is 5.48. The van der Waals surface area contributed by atoms with Crippen molar-refractivity contribution in [2.24, 2.45) is 7.05 Å². The Morgan fingerprint density at radius 2 is 1.80 bits per heavy atom. The van der Waals surface area contributed by atoms with Crippen molar-refractivity contribution in [2.45, 2.75) is 44.9 Å². The molecule has 13 heteroatoms. The Balaban J connectivity index is 1.66. The third-order valence-electron chi connectivity index (χ3n) is 7.42. The van der Waals surface area contributed by atoms with Crippen LogP contribution in [0.5, 0.6) is 5.88 Å². The van der Waals surface area contributed by atoms with Crippen molar-refractivity contribution in [2.75, 3.05) is 39.3 Å². The number of fused-ring (bicyclic) bond motifs is 1. The van der Waals surface area contributed by atoms with Crippen molar-refractivity contribution >= 4 is 21.1 Å². The summed E-state index contributed by atoms with van der Waals surface area (Å²) in [7, 11) is -2.23. The zero-order chi connectivity index (χ0) is 29.1. The van der Waals surface area contributed by atoms with E-state index in [4.69, 9.17) is 9.72 Å². The van der Waals surface area contributed by atoms with E-state index in [-0.39, 0.29) is 27.7 Å². The molecule has 41 heavy (non-hydrogen) atoms. The normalized spacial score (nSPS) is 15.0. The number of hydrogen-bond acceptors (Lipinski definition) is 9. The van der Waals surface area contributed by atoms with Crippen molar-refractivity contribution in [1.29, 1.82) is 0 Å². The third-order valence-corrected chi connectivity index (χ3v) is 9.28. The van der Waals surface area contributed by atoms with E-state index in [0.29, 0.717) is 56.1 Å².